The second-order valence-corrected chi connectivity index (χ2v) is 3.96. The molecule has 1 atom stereocenters. The van der Waals surface area contributed by atoms with E-state index >= 15 is 0 Å². The molecule has 6 heteroatoms. The number of hydrogen-bond donors (Lipinski definition) is 2. The molecule has 0 saturated heterocycles. The lowest BCUT2D eigenvalue weighted by Gasteiger charge is -2.12. The monoisotopic (exact) mass is 275 g/mol. The van der Waals surface area contributed by atoms with Crippen molar-refractivity contribution in [2.75, 3.05) is 33.4 Å². The maximum Gasteiger partial charge on any atom is 0.261 e. The predicted octanol–water partition coefficient (Wildman–Crippen LogP) is 1.60. The normalized spacial score (nSPS) is 12.7. The van der Waals surface area contributed by atoms with Gasteiger partial charge in [-0.3, -0.25) is 0 Å². The largest absolute Gasteiger partial charge is 0.497 e. The van der Waals surface area contributed by atoms with E-state index in [1.807, 2.05) is 0 Å². The zero-order chi connectivity index (χ0) is 14.1. The van der Waals surface area contributed by atoms with Gasteiger partial charge in [0.1, 0.15) is 12.4 Å². The zero-order valence-electron chi connectivity index (χ0n) is 10.8. The highest BCUT2D eigenvalue weighted by Gasteiger charge is 2.07. The Morgan fingerprint density at radius 1 is 1.26 bits per heavy atom. The van der Waals surface area contributed by atoms with E-state index in [9.17, 15) is 13.9 Å². The van der Waals surface area contributed by atoms with E-state index < -0.39 is 19.1 Å². The van der Waals surface area contributed by atoms with Crippen LogP contribution in [0.5, 0.6) is 5.75 Å². The average Bonchev–Trinajstić information content (AvgIpc) is 2.42. The Hall–Kier alpha value is -1.24. The summed E-state index contributed by atoms with van der Waals surface area (Å²) in [5.41, 5.74) is 0.766. The van der Waals surface area contributed by atoms with Gasteiger partial charge in [0.05, 0.1) is 19.8 Å². The molecule has 0 heterocycles. The van der Waals surface area contributed by atoms with Gasteiger partial charge in [0.2, 0.25) is 0 Å². The van der Waals surface area contributed by atoms with Crippen molar-refractivity contribution in [2.45, 2.75) is 12.5 Å². The van der Waals surface area contributed by atoms with E-state index in [1.165, 1.54) is 0 Å². The first-order valence-electron chi connectivity index (χ1n) is 6.02. The Kier molecular flexibility index (Phi) is 7.32. The lowest BCUT2D eigenvalue weighted by atomic mass is 10.1. The van der Waals surface area contributed by atoms with E-state index in [1.54, 1.807) is 31.4 Å². The van der Waals surface area contributed by atoms with E-state index in [-0.39, 0.29) is 6.61 Å². The van der Waals surface area contributed by atoms with Gasteiger partial charge in [-0.25, -0.2) is 8.78 Å². The van der Waals surface area contributed by atoms with E-state index in [0.29, 0.717) is 13.1 Å². The molecule has 2 N–H and O–H groups in total. The number of benzene rings is 1. The van der Waals surface area contributed by atoms with E-state index in [2.05, 4.69) is 5.32 Å². The van der Waals surface area contributed by atoms with Crippen molar-refractivity contribution in [1.82, 2.24) is 5.32 Å². The summed E-state index contributed by atoms with van der Waals surface area (Å²) < 4.78 is 33.2. The number of halogens is 2. The van der Waals surface area contributed by atoms with Crippen LogP contribution in [0, 0.1) is 0 Å². The van der Waals surface area contributed by atoms with Crippen LogP contribution in [0.3, 0.4) is 0 Å². The number of rotatable bonds is 9. The number of aliphatic hydroxyl groups excluding tert-OH is 1. The average molecular weight is 275 g/mol. The third-order valence-electron chi connectivity index (χ3n) is 2.51. The summed E-state index contributed by atoms with van der Waals surface area (Å²) in [6.45, 7) is 0.396. The molecule has 0 spiro atoms. The summed E-state index contributed by atoms with van der Waals surface area (Å²) >= 11 is 0. The van der Waals surface area contributed by atoms with Crippen molar-refractivity contribution in [3.05, 3.63) is 29.8 Å². The molecule has 0 radical (unpaired) electrons. The minimum atomic E-state index is -2.44. The van der Waals surface area contributed by atoms with Gasteiger partial charge in [0.25, 0.3) is 6.43 Å². The van der Waals surface area contributed by atoms with Gasteiger partial charge >= 0.3 is 0 Å². The van der Waals surface area contributed by atoms with Crippen LogP contribution in [-0.4, -0.2) is 44.9 Å². The molecule has 0 fully saturated rings. The Morgan fingerprint density at radius 2 is 1.95 bits per heavy atom. The molecule has 0 aromatic heterocycles. The van der Waals surface area contributed by atoms with Gasteiger partial charge < -0.3 is 19.9 Å². The first kappa shape index (κ1) is 15.8. The molecule has 108 valence electrons. The minimum absolute atomic E-state index is 0.194. The van der Waals surface area contributed by atoms with Gasteiger partial charge in [0, 0.05) is 13.1 Å². The topological polar surface area (TPSA) is 50.7 Å². The third kappa shape index (κ3) is 6.47. The fourth-order valence-corrected chi connectivity index (χ4v) is 1.50. The summed E-state index contributed by atoms with van der Waals surface area (Å²) in [6.07, 6.45) is -3.09. The summed E-state index contributed by atoms with van der Waals surface area (Å²) in [5, 5.41) is 12.8. The van der Waals surface area contributed by atoms with Crippen LogP contribution < -0.4 is 10.1 Å². The highest BCUT2D eigenvalue weighted by molar-refractivity contribution is 5.28. The predicted molar refractivity (Wildman–Crippen MR) is 67.6 cm³/mol. The smallest absolute Gasteiger partial charge is 0.261 e. The van der Waals surface area contributed by atoms with Gasteiger partial charge in [-0.05, 0) is 17.7 Å². The van der Waals surface area contributed by atoms with Crippen LogP contribution in [0.25, 0.3) is 0 Å². The summed E-state index contributed by atoms with van der Waals surface area (Å²) in [7, 11) is 1.58. The molecule has 1 aromatic carbocycles. The number of hydrogen-bond acceptors (Lipinski definition) is 4. The van der Waals surface area contributed by atoms with E-state index in [4.69, 9.17) is 9.47 Å². The fourth-order valence-electron chi connectivity index (χ4n) is 1.50. The highest BCUT2D eigenvalue weighted by atomic mass is 19.3. The first-order chi connectivity index (χ1) is 9.13. The number of aliphatic hydroxyl groups is 1. The van der Waals surface area contributed by atoms with Crippen LogP contribution in [0.2, 0.25) is 0 Å². The minimum Gasteiger partial charge on any atom is -0.497 e. The van der Waals surface area contributed by atoms with Crippen molar-refractivity contribution in [3.63, 3.8) is 0 Å². The second kappa shape index (κ2) is 8.79. The quantitative estimate of drug-likeness (QED) is 0.672. The molecule has 0 aliphatic rings. The number of ether oxygens (including phenoxy) is 2. The molecule has 1 aromatic rings. The number of alkyl halides is 2. The van der Waals surface area contributed by atoms with Crippen LogP contribution in [-0.2, 0) is 4.74 Å². The van der Waals surface area contributed by atoms with Crippen LogP contribution >= 0.6 is 0 Å². The van der Waals surface area contributed by atoms with Gasteiger partial charge in [-0.15, -0.1) is 0 Å². The molecular weight excluding hydrogens is 256 g/mol. The lowest BCUT2D eigenvalue weighted by Crippen LogP contribution is -2.26. The van der Waals surface area contributed by atoms with Crippen molar-refractivity contribution in [2.24, 2.45) is 0 Å². The van der Waals surface area contributed by atoms with Gasteiger partial charge in [-0.2, -0.15) is 0 Å². The Labute approximate surface area is 111 Å². The lowest BCUT2D eigenvalue weighted by molar-refractivity contribution is 0.0181. The molecular formula is C13H19F2NO3. The maximum atomic E-state index is 11.8. The first-order valence-corrected chi connectivity index (χ1v) is 6.02. The molecule has 0 aliphatic carbocycles. The zero-order valence-corrected chi connectivity index (χ0v) is 10.8. The Balaban J connectivity index is 2.17. The standard InChI is InChI=1S/C13H19F2NO3/c1-18-11-4-2-10(3-5-11)12(17)8-16-6-7-19-9-13(14)15/h2-5,12-13,16-17H,6-9H2,1H3. The highest BCUT2D eigenvalue weighted by Crippen LogP contribution is 2.16. The third-order valence-corrected chi connectivity index (χ3v) is 2.51. The number of nitrogens with one attached hydrogen (secondary N) is 1. The molecule has 1 unspecified atom stereocenters. The Bertz CT molecular complexity index is 346. The number of methoxy groups -OCH3 is 1. The van der Waals surface area contributed by atoms with E-state index in [0.717, 1.165) is 11.3 Å². The van der Waals surface area contributed by atoms with Crippen LogP contribution in [0.1, 0.15) is 11.7 Å². The Morgan fingerprint density at radius 3 is 2.53 bits per heavy atom. The fraction of sp³-hybridized carbons (Fsp3) is 0.538. The molecule has 0 saturated carbocycles. The van der Waals surface area contributed by atoms with Crippen molar-refractivity contribution < 1.29 is 23.4 Å². The molecule has 0 bridgehead atoms. The molecule has 1 rings (SSSR count). The molecule has 4 nitrogen and oxygen atoms in total. The molecule has 0 amide bonds. The summed E-state index contributed by atoms with van der Waals surface area (Å²) in [6, 6.07) is 7.09. The van der Waals surface area contributed by atoms with Gasteiger partial charge in [-0.1, -0.05) is 12.1 Å². The van der Waals surface area contributed by atoms with Crippen molar-refractivity contribution >= 4 is 0 Å². The molecule has 19 heavy (non-hydrogen) atoms. The van der Waals surface area contributed by atoms with Gasteiger partial charge in [0.15, 0.2) is 0 Å². The second-order valence-electron chi connectivity index (χ2n) is 3.96. The van der Waals surface area contributed by atoms with Crippen LogP contribution in [0.15, 0.2) is 24.3 Å². The van der Waals surface area contributed by atoms with Crippen molar-refractivity contribution in [3.8, 4) is 5.75 Å². The molecule has 0 aliphatic heterocycles. The maximum absolute atomic E-state index is 11.8. The SMILES string of the molecule is COc1ccc(C(O)CNCCOCC(F)F)cc1. The van der Waals surface area contributed by atoms with Crippen LogP contribution in [0.4, 0.5) is 8.78 Å². The van der Waals surface area contributed by atoms with Crippen molar-refractivity contribution in [1.29, 1.82) is 0 Å². The summed E-state index contributed by atoms with van der Waals surface area (Å²) in [4.78, 5) is 0. The summed E-state index contributed by atoms with van der Waals surface area (Å²) in [5.74, 6) is 0.726.